The van der Waals surface area contributed by atoms with Crippen LogP contribution in [0.25, 0.3) is 22.6 Å². The molecule has 0 amide bonds. The molecule has 0 radical (unpaired) electrons. The van der Waals surface area contributed by atoms with E-state index in [9.17, 15) is 10.1 Å². The minimum absolute atomic E-state index is 0.0924. The Kier molecular flexibility index (Phi) is 4.63. The number of aliphatic imine (C=N–C) groups is 1. The zero-order valence-electron chi connectivity index (χ0n) is 14.8. The Morgan fingerprint density at radius 3 is 2.64 bits per heavy atom. The number of oxazole rings is 1. The van der Waals surface area contributed by atoms with Crippen molar-refractivity contribution in [2.24, 2.45) is 4.99 Å². The van der Waals surface area contributed by atoms with Gasteiger partial charge in [0.25, 0.3) is 5.69 Å². The first-order chi connectivity index (χ1) is 13.5. The lowest BCUT2D eigenvalue weighted by Gasteiger charge is -1.97. The van der Waals surface area contributed by atoms with E-state index < -0.39 is 4.92 Å². The van der Waals surface area contributed by atoms with Crippen molar-refractivity contribution in [3.8, 4) is 11.5 Å². The van der Waals surface area contributed by atoms with E-state index in [4.69, 9.17) is 16.0 Å². The second-order valence-electron chi connectivity index (χ2n) is 6.26. The molecule has 0 N–H and O–H groups in total. The van der Waals surface area contributed by atoms with Crippen molar-refractivity contribution in [3.05, 3.63) is 86.9 Å². The van der Waals surface area contributed by atoms with Crippen LogP contribution in [0.2, 0.25) is 5.02 Å². The van der Waals surface area contributed by atoms with Crippen LogP contribution in [0.5, 0.6) is 0 Å². The summed E-state index contributed by atoms with van der Waals surface area (Å²) in [6, 6.07) is 17.9. The van der Waals surface area contributed by atoms with Crippen LogP contribution in [0.15, 0.2) is 70.1 Å². The standard InChI is InChI=1S/C21H14ClN3O3/c1-13-2-5-15(6-3-13)21-24-18-11-16(7-9-20(18)28-21)23-12-14-4-8-17(22)19(10-14)25(26)27/h2-12H,1H3. The zero-order valence-corrected chi connectivity index (χ0v) is 15.6. The maximum Gasteiger partial charge on any atom is 0.288 e. The largest absolute Gasteiger partial charge is 0.436 e. The predicted molar refractivity (Wildman–Crippen MR) is 110 cm³/mol. The summed E-state index contributed by atoms with van der Waals surface area (Å²) in [4.78, 5) is 19.4. The van der Waals surface area contributed by atoms with E-state index in [2.05, 4.69) is 9.98 Å². The van der Waals surface area contributed by atoms with Gasteiger partial charge in [0.15, 0.2) is 5.58 Å². The van der Waals surface area contributed by atoms with Gasteiger partial charge in [0, 0.05) is 17.8 Å². The third-order valence-electron chi connectivity index (χ3n) is 4.20. The number of hydrogen-bond acceptors (Lipinski definition) is 5. The molecule has 4 rings (SSSR count). The second kappa shape index (κ2) is 7.25. The molecular formula is C21H14ClN3O3. The SMILES string of the molecule is Cc1ccc(-c2nc3cc(N=Cc4ccc(Cl)c([N+](=O)[O-])c4)ccc3o2)cc1. The van der Waals surface area contributed by atoms with Crippen LogP contribution in [-0.2, 0) is 0 Å². The number of hydrogen-bond donors (Lipinski definition) is 0. The van der Waals surface area contributed by atoms with Crippen molar-refractivity contribution >= 4 is 40.3 Å². The Hall–Kier alpha value is -3.51. The number of aryl methyl sites for hydroxylation is 1. The lowest BCUT2D eigenvalue weighted by molar-refractivity contribution is -0.384. The van der Waals surface area contributed by atoms with Crippen LogP contribution >= 0.6 is 11.6 Å². The number of nitrogens with zero attached hydrogens (tertiary/aromatic N) is 3. The normalized spacial score (nSPS) is 11.4. The average molecular weight is 392 g/mol. The lowest BCUT2D eigenvalue weighted by Crippen LogP contribution is -1.91. The highest BCUT2D eigenvalue weighted by Gasteiger charge is 2.12. The molecule has 7 heteroatoms. The number of halogens is 1. The number of rotatable bonds is 4. The maximum atomic E-state index is 11.0. The third kappa shape index (κ3) is 3.63. The molecular weight excluding hydrogens is 378 g/mol. The van der Waals surface area contributed by atoms with Gasteiger partial charge in [-0.2, -0.15) is 0 Å². The van der Waals surface area contributed by atoms with E-state index in [1.54, 1.807) is 30.5 Å². The van der Waals surface area contributed by atoms with Gasteiger partial charge in [0.1, 0.15) is 10.5 Å². The van der Waals surface area contributed by atoms with E-state index >= 15 is 0 Å². The number of benzene rings is 3. The highest BCUT2D eigenvalue weighted by molar-refractivity contribution is 6.32. The second-order valence-corrected chi connectivity index (χ2v) is 6.67. The van der Waals surface area contributed by atoms with Crippen molar-refractivity contribution in [2.75, 3.05) is 0 Å². The van der Waals surface area contributed by atoms with Crippen LogP contribution in [-0.4, -0.2) is 16.1 Å². The van der Waals surface area contributed by atoms with E-state index in [0.717, 1.165) is 5.56 Å². The van der Waals surface area contributed by atoms with Crippen LogP contribution in [0, 0.1) is 17.0 Å². The minimum atomic E-state index is -0.520. The molecule has 0 fully saturated rings. The van der Waals surface area contributed by atoms with E-state index in [1.807, 2.05) is 31.2 Å². The Morgan fingerprint density at radius 1 is 1.11 bits per heavy atom. The molecule has 6 nitrogen and oxygen atoms in total. The van der Waals surface area contributed by atoms with Crippen molar-refractivity contribution in [1.29, 1.82) is 0 Å². The summed E-state index contributed by atoms with van der Waals surface area (Å²) in [7, 11) is 0. The molecule has 1 aromatic heterocycles. The smallest absolute Gasteiger partial charge is 0.288 e. The summed E-state index contributed by atoms with van der Waals surface area (Å²) in [6.45, 7) is 2.02. The Bertz CT molecular complexity index is 1210. The van der Waals surface area contributed by atoms with E-state index in [0.29, 0.717) is 28.2 Å². The number of fused-ring (bicyclic) bond motifs is 1. The highest BCUT2D eigenvalue weighted by atomic mass is 35.5. The van der Waals surface area contributed by atoms with Crippen LogP contribution < -0.4 is 0 Å². The fraction of sp³-hybridized carbons (Fsp3) is 0.0476. The lowest BCUT2D eigenvalue weighted by atomic mass is 10.1. The van der Waals surface area contributed by atoms with Crippen LogP contribution in [0.4, 0.5) is 11.4 Å². The third-order valence-corrected chi connectivity index (χ3v) is 4.52. The first-order valence-electron chi connectivity index (χ1n) is 8.45. The van der Waals surface area contributed by atoms with Crippen LogP contribution in [0.3, 0.4) is 0 Å². The summed E-state index contributed by atoms with van der Waals surface area (Å²) in [5.41, 5.74) is 4.51. The molecule has 0 aliphatic heterocycles. The molecule has 0 atom stereocenters. The fourth-order valence-corrected chi connectivity index (χ4v) is 2.90. The molecule has 0 aliphatic carbocycles. The molecule has 0 spiro atoms. The van der Waals surface area contributed by atoms with Gasteiger partial charge in [-0.25, -0.2) is 4.98 Å². The summed E-state index contributed by atoms with van der Waals surface area (Å²) >= 11 is 5.83. The quantitative estimate of drug-likeness (QED) is 0.238. The number of nitro groups is 1. The highest BCUT2D eigenvalue weighted by Crippen LogP contribution is 2.28. The van der Waals surface area contributed by atoms with Gasteiger partial charge in [-0.1, -0.05) is 35.4 Å². The number of aromatic nitrogens is 1. The molecule has 0 bridgehead atoms. The zero-order chi connectivity index (χ0) is 19.7. The Labute approximate surface area is 165 Å². The van der Waals surface area contributed by atoms with Gasteiger partial charge in [0.05, 0.1) is 10.6 Å². The minimum Gasteiger partial charge on any atom is -0.436 e. The maximum absolute atomic E-state index is 11.0. The number of nitro benzene ring substituents is 1. The molecule has 0 aliphatic rings. The van der Waals surface area contributed by atoms with Crippen molar-refractivity contribution in [3.63, 3.8) is 0 Å². The topological polar surface area (TPSA) is 81.5 Å². The molecule has 3 aromatic carbocycles. The van der Waals surface area contributed by atoms with Gasteiger partial charge in [-0.05, 0) is 48.9 Å². The van der Waals surface area contributed by atoms with E-state index in [-0.39, 0.29) is 10.7 Å². The van der Waals surface area contributed by atoms with Gasteiger partial charge >= 0.3 is 0 Å². The summed E-state index contributed by atoms with van der Waals surface area (Å²) in [5.74, 6) is 0.546. The predicted octanol–water partition coefficient (Wildman–Crippen LogP) is 6.12. The average Bonchev–Trinajstić information content (AvgIpc) is 3.11. The molecule has 28 heavy (non-hydrogen) atoms. The van der Waals surface area contributed by atoms with Gasteiger partial charge in [-0.15, -0.1) is 0 Å². The van der Waals surface area contributed by atoms with Crippen molar-refractivity contribution < 1.29 is 9.34 Å². The first-order valence-corrected chi connectivity index (χ1v) is 8.83. The van der Waals surface area contributed by atoms with Gasteiger partial charge < -0.3 is 4.42 Å². The molecule has 1 heterocycles. The van der Waals surface area contributed by atoms with Crippen molar-refractivity contribution in [2.45, 2.75) is 6.92 Å². The monoisotopic (exact) mass is 391 g/mol. The molecule has 0 unspecified atom stereocenters. The Morgan fingerprint density at radius 2 is 1.89 bits per heavy atom. The first kappa shape index (κ1) is 17.9. The van der Waals surface area contributed by atoms with Gasteiger partial charge in [0.2, 0.25) is 5.89 Å². The molecule has 138 valence electrons. The van der Waals surface area contributed by atoms with E-state index in [1.165, 1.54) is 17.7 Å². The molecule has 4 aromatic rings. The Balaban J connectivity index is 1.63. The summed E-state index contributed by atoms with van der Waals surface area (Å²) in [6.07, 6.45) is 1.55. The van der Waals surface area contributed by atoms with Crippen LogP contribution in [0.1, 0.15) is 11.1 Å². The summed E-state index contributed by atoms with van der Waals surface area (Å²) < 4.78 is 5.81. The van der Waals surface area contributed by atoms with Gasteiger partial charge in [-0.3, -0.25) is 15.1 Å². The van der Waals surface area contributed by atoms with Crippen molar-refractivity contribution in [1.82, 2.24) is 4.98 Å². The fourth-order valence-electron chi connectivity index (χ4n) is 2.71. The summed E-state index contributed by atoms with van der Waals surface area (Å²) in [5, 5.41) is 11.1. The molecule has 0 saturated heterocycles. The molecule has 0 saturated carbocycles.